The smallest absolute Gasteiger partial charge is 0.387 e. The van der Waals surface area contributed by atoms with Gasteiger partial charge in [0.2, 0.25) is 0 Å². The Labute approximate surface area is 137 Å². The molecule has 2 nitrogen and oxygen atoms in total. The summed E-state index contributed by atoms with van der Waals surface area (Å²) in [5.41, 5.74) is 2.70. The number of rotatable bonds is 5. The highest BCUT2D eigenvalue weighted by molar-refractivity contribution is 5.45. The fraction of sp³-hybridized carbons (Fsp3) is 0.684. The second-order valence-corrected chi connectivity index (χ2v) is 7.25. The number of benzene rings is 1. The van der Waals surface area contributed by atoms with Gasteiger partial charge in [-0.05, 0) is 62.0 Å². The number of likely N-dealkylation sites (N-methyl/N-ethyl adjacent to an activating group) is 1. The molecular formula is C19H27F2NO. The normalized spacial score (nSPS) is 30.3. The van der Waals surface area contributed by atoms with E-state index in [0.29, 0.717) is 17.7 Å². The Morgan fingerprint density at radius 2 is 2.17 bits per heavy atom. The standard InChI is InChI=1S/C19H27F2NO/c1-4-5-8-19-9-10-22(3)17(13(19)2)11-14-6-7-15(12-16(14)19)23-18(20)21/h6-7,12-13,17-18H,4-5,8-11H2,1-3H3/t13?,17-,19-/m0/s1. The molecular weight excluding hydrogens is 296 g/mol. The Balaban J connectivity index is 2.04. The molecule has 4 heteroatoms. The Hall–Kier alpha value is -1.16. The third-order valence-corrected chi connectivity index (χ3v) is 6.17. The van der Waals surface area contributed by atoms with Crippen LogP contribution in [0.4, 0.5) is 8.78 Å². The molecule has 2 aliphatic rings. The molecule has 128 valence electrons. The van der Waals surface area contributed by atoms with Gasteiger partial charge in [-0.1, -0.05) is 32.8 Å². The predicted molar refractivity (Wildman–Crippen MR) is 88.2 cm³/mol. The first kappa shape index (κ1) is 16.7. The highest BCUT2D eigenvalue weighted by atomic mass is 19.3. The van der Waals surface area contributed by atoms with Gasteiger partial charge in [0.15, 0.2) is 0 Å². The minimum Gasteiger partial charge on any atom is -0.435 e. The number of halogens is 2. The summed E-state index contributed by atoms with van der Waals surface area (Å²) in [4.78, 5) is 2.47. The van der Waals surface area contributed by atoms with Crippen molar-refractivity contribution in [3.05, 3.63) is 29.3 Å². The molecule has 1 unspecified atom stereocenters. The van der Waals surface area contributed by atoms with Gasteiger partial charge in [-0.15, -0.1) is 0 Å². The number of nitrogens with zero attached hydrogens (tertiary/aromatic N) is 1. The number of likely N-dealkylation sites (tertiary alicyclic amines) is 1. The number of piperidine rings is 1. The van der Waals surface area contributed by atoms with Gasteiger partial charge in [-0.25, -0.2) is 0 Å². The topological polar surface area (TPSA) is 12.5 Å². The molecule has 1 aromatic rings. The minimum absolute atomic E-state index is 0.113. The number of hydrogen-bond donors (Lipinski definition) is 0. The van der Waals surface area contributed by atoms with Crippen molar-refractivity contribution in [2.24, 2.45) is 5.92 Å². The monoisotopic (exact) mass is 323 g/mol. The molecule has 1 aliphatic carbocycles. The number of alkyl halides is 2. The van der Waals surface area contributed by atoms with Crippen molar-refractivity contribution >= 4 is 0 Å². The summed E-state index contributed by atoms with van der Waals surface area (Å²) in [6.45, 7) is 2.89. The Kier molecular flexibility index (Phi) is 4.63. The molecule has 0 radical (unpaired) electrons. The van der Waals surface area contributed by atoms with Crippen LogP contribution in [-0.2, 0) is 11.8 Å². The van der Waals surface area contributed by atoms with Crippen molar-refractivity contribution in [3.63, 3.8) is 0 Å². The van der Waals surface area contributed by atoms with Crippen molar-refractivity contribution in [2.75, 3.05) is 13.6 Å². The summed E-state index contributed by atoms with van der Waals surface area (Å²) in [6, 6.07) is 6.15. The first-order chi connectivity index (χ1) is 11.0. The molecule has 0 amide bonds. The van der Waals surface area contributed by atoms with E-state index in [9.17, 15) is 8.78 Å². The van der Waals surface area contributed by atoms with Crippen molar-refractivity contribution in [1.29, 1.82) is 0 Å². The maximum atomic E-state index is 12.6. The average Bonchev–Trinajstić information content (AvgIpc) is 2.51. The SMILES string of the molecule is CCCC[C@@]12CCN(C)[C@@H](Cc3ccc(OC(F)F)cc31)C2C. The predicted octanol–water partition coefficient (Wildman–Crippen LogP) is 4.61. The molecule has 0 saturated carbocycles. The third-order valence-electron chi connectivity index (χ3n) is 6.17. The lowest BCUT2D eigenvalue weighted by molar-refractivity contribution is -0.0501. The molecule has 0 N–H and O–H groups in total. The van der Waals surface area contributed by atoms with Gasteiger partial charge in [0.25, 0.3) is 0 Å². The summed E-state index contributed by atoms with van der Waals surface area (Å²) in [7, 11) is 2.21. The Morgan fingerprint density at radius 3 is 2.87 bits per heavy atom. The van der Waals surface area contributed by atoms with Crippen LogP contribution in [0.15, 0.2) is 18.2 Å². The molecule has 0 aromatic heterocycles. The summed E-state index contributed by atoms with van der Waals surface area (Å²) in [5.74, 6) is 0.848. The zero-order valence-corrected chi connectivity index (χ0v) is 14.3. The van der Waals surface area contributed by atoms with Crippen LogP contribution < -0.4 is 4.74 Å². The van der Waals surface area contributed by atoms with Crippen LogP contribution in [0, 0.1) is 5.92 Å². The Bertz CT molecular complexity index is 558. The zero-order valence-electron chi connectivity index (χ0n) is 14.3. The molecule has 3 rings (SSSR count). The first-order valence-corrected chi connectivity index (χ1v) is 8.76. The van der Waals surface area contributed by atoms with Crippen LogP contribution >= 0.6 is 0 Å². The summed E-state index contributed by atoms with van der Waals surface area (Å²) >= 11 is 0. The Morgan fingerprint density at radius 1 is 1.39 bits per heavy atom. The van der Waals surface area contributed by atoms with Crippen molar-refractivity contribution in [2.45, 2.75) is 64.0 Å². The van der Waals surface area contributed by atoms with Gasteiger partial charge in [0.05, 0.1) is 0 Å². The van der Waals surface area contributed by atoms with Crippen LogP contribution in [0.2, 0.25) is 0 Å². The molecule has 23 heavy (non-hydrogen) atoms. The lowest BCUT2D eigenvalue weighted by Crippen LogP contribution is -2.57. The van der Waals surface area contributed by atoms with Gasteiger partial charge in [0.1, 0.15) is 5.75 Å². The van der Waals surface area contributed by atoms with Crippen LogP contribution in [-0.4, -0.2) is 31.1 Å². The van der Waals surface area contributed by atoms with Crippen LogP contribution in [0.25, 0.3) is 0 Å². The minimum atomic E-state index is -2.76. The maximum Gasteiger partial charge on any atom is 0.387 e. The lowest BCUT2D eigenvalue weighted by Gasteiger charge is -2.55. The van der Waals surface area contributed by atoms with Gasteiger partial charge >= 0.3 is 6.61 Å². The third kappa shape index (κ3) is 2.86. The maximum absolute atomic E-state index is 12.6. The quantitative estimate of drug-likeness (QED) is 0.784. The lowest BCUT2D eigenvalue weighted by atomic mass is 9.56. The summed E-state index contributed by atoms with van der Waals surface area (Å²) in [5, 5.41) is 0. The summed E-state index contributed by atoms with van der Waals surface area (Å²) < 4.78 is 29.9. The molecule has 1 aromatic carbocycles. The molecule has 0 spiro atoms. The first-order valence-electron chi connectivity index (χ1n) is 8.76. The van der Waals surface area contributed by atoms with E-state index in [-0.39, 0.29) is 5.41 Å². The summed E-state index contributed by atoms with van der Waals surface area (Å²) in [6.07, 6.45) is 5.60. The van der Waals surface area contributed by atoms with Crippen LogP contribution in [0.1, 0.15) is 50.7 Å². The average molecular weight is 323 g/mol. The van der Waals surface area contributed by atoms with E-state index in [4.69, 9.17) is 0 Å². The van der Waals surface area contributed by atoms with Gasteiger partial charge in [-0.2, -0.15) is 8.78 Å². The highest BCUT2D eigenvalue weighted by Crippen LogP contribution is 2.52. The molecule has 1 saturated heterocycles. The zero-order chi connectivity index (χ0) is 16.6. The number of fused-ring (bicyclic) bond motifs is 4. The van der Waals surface area contributed by atoms with Crippen LogP contribution in [0.3, 0.4) is 0 Å². The molecule has 2 bridgehead atoms. The second kappa shape index (κ2) is 6.39. The largest absolute Gasteiger partial charge is 0.435 e. The van der Waals surface area contributed by atoms with Crippen molar-refractivity contribution in [1.82, 2.24) is 4.90 Å². The fourth-order valence-corrected chi connectivity index (χ4v) is 4.81. The second-order valence-electron chi connectivity index (χ2n) is 7.25. The number of hydrogen-bond acceptors (Lipinski definition) is 2. The van der Waals surface area contributed by atoms with E-state index in [0.717, 1.165) is 32.2 Å². The molecule has 1 aliphatic heterocycles. The molecule has 1 heterocycles. The number of ether oxygens (including phenoxy) is 1. The van der Waals surface area contributed by atoms with Gasteiger partial charge < -0.3 is 9.64 Å². The highest BCUT2D eigenvalue weighted by Gasteiger charge is 2.49. The van der Waals surface area contributed by atoms with Gasteiger partial charge in [0, 0.05) is 11.5 Å². The van der Waals surface area contributed by atoms with E-state index >= 15 is 0 Å². The van der Waals surface area contributed by atoms with Crippen molar-refractivity contribution in [3.8, 4) is 5.75 Å². The fourth-order valence-electron chi connectivity index (χ4n) is 4.81. The molecule has 3 atom stereocenters. The van der Waals surface area contributed by atoms with E-state index in [1.165, 1.54) is 17.5 Å². The number of unbranched alkanes of at least 4 members (excludes halogenated alkanes) is 1. The molecule has 1 fully saturated rings. The van der Waals surface area contributed by atoms with E-state index in [2.05, 4.69) is 30.5 Å². The van der Waals surface area contributed by atoms with E-state index in [1.807, 2.05) is 12.1 Å². The van der Waals surface area contributed by atoms with E-state index in [1.54, 1.807) is 6.07 Å². The van der Waals surface area contributed by atoms with Crippen LogP contribution in [0.5, 0.6) is 5.75 Å². The van der Waals surface area contributed by atoms with Gasteiger partial charge in [-0.3, -0.25) is 0 Å². The van der Waals surface area contributed by atoms with Crippen molar-refractivity contribution < 1.29 is 13.5 Å². The van der Waals surface area contributed by atoms with E-state index < -0.39 is 6.61 Å².